The van der Waals surface area contributed by atoms with Gasteiger partial charge in [-0.25, -0.2) is 4.79 Å². The van der Waals surface area contributed by atoms with Gasteiger partial charge in [-0.2, -0.15) is 0 Å². The maximum atomic E-state index is 11.1. The first-order chi connectivity index (χ1) is 7.84. The van der Waals surface area contributed by atoms with Gasteiger partial charge in [-0.3, -0.25) is 4.79 Å². The number of benzene rings is 1. The van der Waals surface area contributed by atoms with Crippen molar-refractivity contribution in [2.45, 2.75) is 18.4 Å². The molecule has 1 aromatic rings. The fourth-order valence-electron chi connectivity index (χ4n) is 1.36. The van der Waals surface area contributed by atoms with Crippen molar-refractivity contribution in [1.29, 1.82) is 0 Å². The van der Waals surface area contributed by atoms with Gasteiger partial charge in [0.15, 0.2) is 11.9 Å². The Hall–Kier alpha value is -1.59. The Morgan fingerprint density at radius 1 is 1.41 bits per heavy atom. The van der Waals surface area contributed by atoms with E-state index in [4.69, 9.17) is 22.4 Å². The highest BCUT2D eigenvalue weighted by Gasteiger charge is 2.20. The number of halogens is 1. The minimum atomic E-state index is -1.64. The van der Waals surface area contributed by atoms with E-state index < -0.39 is 17.5 Å². The van der Waals surface area contributed by atoms with Gasteiger partial charge in [0.2, 0.25) is 0 Å². The average molecular weight is 258 g/mol. The van der Waals surface area contributed by atoms with Gasteiger partial charge in [0.05, 0.1) is 0 Å². The number of hydrogen-bond donors (Lipinski definition) is 3. The van der Waals surface area contributed by atoms with Crippen LogP contribution in [0.1, 0.15) is 29.5 Å². The Morgan fingerprint density at radius 3 is 2.41 bits per heavy atom. The van der Waals surface area contributed by atoms with E-state index in [0.29, 0.717) is 5.56 Å². The summed E-state index contributed by atoms with van der Waals surface area (Å²) in [4.78, 5) is 21.7. The minimum Gasteiger partial charge on any atom is -0.479 e. The first-order valence-electron chi connectivity index (χ1n) is 4.79. The van der Waals surface area contributed by atoms with Crippen LogP contribution in [0.3, 0.4) is 0 Å². The molecule has 1 aromatic carbocycles. The van der Waals surface area contributed by atoms with Crippen molar-refractivity contribution in [1.82, 2.24) is 0 Å². The second-order valence-electron chi connectivity index (χ2n) is 3.60. The third kappa shape index (κ3) is 2.95. The fraction of sp³-hybridized carbons (Fsp3) is 0.273. The standard InChI is InChI=1S/C11H12ClNO4/c1-5(14)9(12)7-3-2-6(4-8(7)13)10(15)11(16)17/h2-4,9-10,15H,13H2,1H3,(H,16,17). The van der Waals surface area contributed by atoms with E-state index in [1.165, 1.54) is 25.1 Å². The Morgan fingerprint density at radius 2 is 2.00 bits per heavy atom. The highest BCUT2D eigenvalue weighted by molar-refractivity contribution is 6.31. The number of nitrogen functional groups attached to an aromatic ring is 1. The van der Waals surface area contributed by atoms with Crippen LogP contribution in [0, 0.1) is 0 Å². The third-order valence-corrected chi connectivity index (χ3v) is 2.83. The van der Waals surface area contributed by atoms with E-state index in [0.717, 1.165) is 0 Å². The van der Waals surface area contributed by atoms with Gasteiger partial charge < -0.3 is 15.9 Å². The summed E-state index contributed by atoms with van der Waals surface area (Å²) < 4.78 is 0. The molecule has 0 spiro atoms. The van der Waals surface area contributed by atoms with Crippen molar-refractivity contribution < 1.29 is 19.8 Å². The third-order valence-electron chi connectivity index (χ3n) is 2.29. The van der Waals surface area contributed by atoms with Crippen LogP contribution in [0.4, 0.5) is 5.69 Å². The lowest BCUT2D eigenvalue weighted by Crippen LogP contribution is -2.12. The molecule has 0 amide bonds. The summed E-state index contributed by atoms with van der Waals surface area (Å²) in [7, 11) is 0. The molecule has 0 aliphatic rings. The van der Waals surface area contributed by atoms with Crippen LogP contribution in [0.15, 0.2) is 18.2 Å². The number of anilines is 1. The molecule has 0 bridgehead atoms. The maximum Gasteiger partial charge on any atom is 0.337 e. The molecule has 92 valence electrons. The first kappa shape index (κ1) is 13.5. The van der Waals surface area contributed by atoms with Gasteiger partial charge in [0, 0.05) is 11.3 Å². The maximum absolute atomic E-state index is 11.1. The molecule has 0 radical (unpaired) electrons. The lowest BCUT2D eigenvalue weighted by molar-refractivity contribution is -0.146. The van der Waals surface area contributed by atoms with Crippen molar-refractivity contribution in [2.24, 2.45) is 0 Å². The monoisotopic (exact) mass is 257 g/mol. The summed E-state index contributed by atoms with van der Waals surface area (Å²) in [5.74, 6) is -1.63. The van der Waals surface area contributed by atoms with E-state index in [9.17, 15) is 14.7 Å². The van der Waals surface area contributed by atoms with Crippen LogP contribution < -0.4 is 5.73 Å². The van der Waals surface area contributed by atoms with Gasteiger partial charge in [-0.15, -0.1) is 11.6 Å². The van der Waals surface area contributed by atoms with Crippen LogP contribution in [0.25, 0.3) is 0 Å². The van der Waals surface area contributed by atoms with Gasteiger partial charge in [0.25, 0.3) is 0 Å². The van der Waals surface area contributed by atoms with E-state index >= 15 is 0 Å². The molecule has 0 aliphatic carbocycles. The number of Topliss-reactive ketones (excluding diaryl/α,β-unsaturated/α-hetero) is 1. The highest BCUT2D eigenvalue weighted by atomic mass is 35.5. The molecule has 5 nitrogen and oxygen atoms in total. The molecule has 1 rings (SSSR count). The van der Waals surface area contributed by atoms with Gasteiger partial charge >= 0.3 is 5.97 Å². The average Bonchev–Trinajstić information content (AvgIpc) is 2.26. The largest absolute Gasteiger partial charge is 0.479 e. The van der Waals surface area contributed by atoms with E-state index in [2.05, 4.69) is 0 Å². The molecule has 2 atom stereocenters. The normalized spacial score (nSPS) is 14.1. The zero-order valence-corrected chi connectivity index (χ0v) is 9.81. The Kier molecular flexibility index (Phi) is 4.09. The van der Waals surface area contributed by atoms with E-state index in [-0.39, 0.29) is 17.0 Å². The van der Waals surface area contributed by atoms with E-state index in [1.807, 2.05) is 0 Å². The van der Waals surface area contributed by atoms with Crippen LogP contribution in [-0.4, -0.2) is 22.0 Å². The number of rotatable bonds is 4. The smallest absolute Gasteiger partial charge is 0.337 e. The zero-order chi connectivity index (χ0) is 13.2. The number of aliphatic carboxylic acids is 1. The Balaban J connectivity index is 3.10. The summed E-state index contributed by atoms with van der Waals surface area (Å²) >= 11 is 5.83. The summed E-state index contributed by atoms with van der Waals surface area (Å²) in [5.41, 5.74) is 6.38. The number of alkyl halides is 1. The predicted molar refractivity (Wildman–Crippen MR) is 62.7 cm³/mol. The van der Waals surface area contributed by atoms with Crippen LogP contribution in [-0.2, 0) is 9.59 Å². The van der Waals surface area contributed by atoms with Crippen molar-refractivity contribution in [3.63, 3.8) is 0 Å². The zero-order valence-electron chi connectivity index (χ0n) is 9.05. The number of carboxylic acid groups (broad SMARTS) is 1. The molecule has 6 heteroatoms. The molecule has 2 unspecified atom stereocenters. The van der Waals surface area contributed by atoms with Gasteiger partial charge in [-0.05, 0) is 18.6 Å². The molecule has 0 saturated carbocycles. The number of ketones is 1. The summed E-state index contributed by atoms with van der Waals surface area (Å²) in [6.07, 6.45) is -1.64. The molecular weight excluding hydrogens is 246 g/mol. The first-order valence-corrected chi connectivity index (χ1v) is 5.23. The Bertz CT molecular complexity index is 461. The van der Waals surface area contributed by atoms with Crippen molar-refractivity contribution in [3.8, 4) is 0 Å². The predicted octanol–water partition coefficient (Wildman–Crippen LogP) is 1.26. The molecular formula is C11H12ClNO4. The molecule has 0 fully saturated rings. The van der Waals surface area contributed by atoms with Crippen LogP contribution in [0.2, 0.25) is 0 Å². The summed E-state index contributed by atoms with van der Waals surface area (Å²) in [6.45, 7) is 1.33. The summed E-state index contributed by atoms with van der Waals surface area (Å²) in [6, 6.07) is 4.12. The number of nitrogens with two attached hydrogens (primary N) is 1. The minimum absolute atomic E-state index is 0.145. The number of aliphatic hydroxyl groups is 1. The SMILES string of the molecule is CC(=O)C(Cl)c1ccc(C(O)C(=O)O)cc1N. The van der Waals surface area contributed by atoms with Gasteiger partial charge in [-0.1, -0.05) is 12.1 Å². The lowest BCUT2D eigenvalue weighted by Gasteiger charge is -2.12. The second-order valence-corrected chi connectivity index (χ2v) is 4.04. The Labute approximate surface area is 103 Å². The quantitative estimate of drug-likeness (QED) is 0.557. The molecule has 0 aromatic heterocycles. The highest BCUT2D eigenvalue weighted by Crippen LogP contribution is 2.29. The summed E-state index contributed by atoms with van der Waals surface area (Å²) in [5, 5.41) is 17.1. The number of carbonyl (C=O) groups excluding carboxylic acids is 1. The number of aliphatic hydroxyl groups excluding tert-OH is 1. The fourth-order valence-corrected chi connectivity index (χ4v) is 1.55. The molecule has 0 saturated heterocycles. The lowest BCUT2D eigenvalue weighted by atomic mass is 10.0. The molecule has 0 aliphatic heterocycles. The van der Waals surface area contributed by atoms with Crippen LogP contribution in [0.5, 0.6) is 0 Å². The molecule has 0 heterocycles. The second kappa shape index (κ2) is 5.16. The number of carbonyl (C=O) groups is 2. The van der Waals surface area contributed by atoms with E-state index in [1.54, 1.807) is 0 Å². The van der Waals surface area contributed by atoms with Crippen molar-refractivity contribution >= 4 is 29.0 Å². The molecule has 17 heavy (non-hydrogen) atoms. The topological polar surface area (TPSA) is 101 Å². The number of hydrogen-bond acceptors (Lipinski definition) is 4. The van der Waals surface area contributed by atoms with Crippen LogP contribution >= 0.6 is 11.6 Å². The number of carboxylic acids is 1. The van der Waals surface area contributed by atoms with Crippen molar-refractivity contribution in [2.75, 3.05) is 5.73 Å². The van der Waals surface area contributed by atoms with Crippen molar-refractivity contribution in [3.05, 3.63) is 29.3 Å². The molecule has 4 N–H and O–H groups in total. The van der Waals surface area contributed by atoms with Gasteiger partial charge in [0.1, 0.15) is 5.38 Å².